The highest BCUT2D eigenvalue weighted by atomic mass is 15.1. The van der Waals surface area contributed by atoms with Crippen LogP contribution >= 0.6 is 0 Å². The predicted octanol–water partition coefficient (Wildman–Crippen LogP) is 16.7. The normalized spacial score (nSPS) is 11.6. The molecule has 0 radical (unpaired) electrons. The Morgan fingerprint density at radius 1 is 0.271 bits per heavy atom. The second-order valence-corrected chi connectivity index (χ2v) is 18.2. The lowest BCUT2D eigenvalue weighted by atomic mass is 9.99. The van der Waals surface area contributed by atoms with Crippen molar-refractivity contribution in [2.75, 3.05) is 0 Å². The highest BCUT2D eigenvalue weighted by molar-refractivity contribution is 6.13. The zero-order chi connectivity index (χ0) is 46.7. The second kappa shape index (κ2) is 16.8. The fourth-order valence-corrected chi connectivity index (χ4v) is 10.2. The Hall–Kier alpha value is -9.19. The summed E-state index contributed by atoms with van der Waals surface area (Å²) in [6.45, 7) is 4.27. The van der Waals surface area contributed by atoms with Crippen LogP contribution in [0, 0.1) is 13.8 Å². The molecule has 330 valence electrons. The monoisotopic (exact) mass is 895 g/mol. The van der Waals surface area contributed by atoms with Crippen LogP contribution in [0.1, 0.15) is 11.1 Å². The van der Waals surface area contributed by atoms with Crippen LogP contribution in [0.4, 0.5) is 0 Å². The summed E-state index contributed by atoms with van der Waals surface area (Å²) >= 11 is 0. The molecule has 13 rings (SSSR count). The first kappa shape index (κ1) is 41.0. The van der Waals surface area contributed by atoms with E-state index in [-0.39, 0.29) is 0 Å². The lowest BCUT2D eigenvalue weighted by Crippen LogP contribution is -2.04. The minimum absolute atomic E-state index is 0.592. The van der Waals surface area contributed by atoms with Gasteiger partial charge in [0.15, 0.2) is 17.5 Å². The number of benzene rings is 10. The SMILES string of the molecule is Cc1ccc(-c2ccc3c(c2)c2cc(-c4ccc(C)cc4)ccc2n3-c2ccc(-c3ccc4c(c3)c3ccccc3n4-c3ccccc3)cc2-c2nc(-c3ccccc3)nc(-c3ccccc3)n2)cc1. The maximum Gasteiger partial charge on any atom is 0.166 e. The van der Waals surface area contributed by atoms with Crippen LogP contribution in [0.5, 0.6) is 0 Å². The first-order valence-electron chi connectivity index (χ1n) is 23.8. The van der Waals surface area contributed by atoms with Crippen molar-refractivity contribution in [3.8, 4) is 78.9 Å². The van der Waals surface area contributed by atoms with Crippen molar-refractivity contribution in [1.29, 1.82) is 0 Å². The van der Waals surface area contributed by atoms with Crippen LogP contribution in [0.2, 0.25) is 0 Å². The standard InChI is InChI=1S/C65H45N5/c1-42-22-26-44(27-23-42)48-30-35-60-55(38-48)56-39-49(45-28-24-43(2)25-29-45)31-36-61(56)70(60)62-37-33-51(50-32-34-59-54(40-50)53-20-12-13-21-58(53)69(59)52-18-10-5-11-19-52)41-57(62)65-67-63(46-14-6-3-7-15-46)66-64(68-65)47-16-8-4-9-17-47/h3-41H,1-2H3. The van der Waals surface area contributed by atoms with Crippen molar-refractivity contribution < 1.29 is 0 Å². The van der Waals surface area contributed by atoms with Crippen molar-refractivity contribution in [2.45, 2.75) is 13.8 Å². The molecule has 13 aromatic rings. The van der Waals surface area contributed by atoms with E-state index < -0.39 is 0 Å². The Bertz CT molecular complexity index is 3940. The van der Waals surface area contributed by atoms with Gasteiger partial charge in [-0.2, -0.15) is 0 Å². The van der Waals surface area contributed by atoms with E-state index in [9.17, 15) is 0 Å². The topological polar surface area (TPSA) is 48.5 Å². The zero-order valence-electron chi connectivity index (χ0n) is 38.8. The van der Waals surface area contributed by atoms with Crippen molar-refractivity contribution in [2.24, 2.45) is 0 Å². The Kier molecular flexibility index (Phi) is 9.88. The second-order valence-electron chi connectivity index (χ2n) is 18.2. The Morgan fingerprint density at radius 2 is 0.657 bits per heavy atom. The van der Waals surface area contributed by atoms with E-state index in [1.807, 2.05) is 36.4 Å². The summed E-state index contributed by atoms with van der Waals surface area (Å²) in [4.78, 5) is 15.9. The van der Waals surface area contributed by atoms with Gasteiger partial charge >= 0.3 is 0 Å². The van der Waals surface area contributed by atoms with E-state index >= 15 is 0 Å². The van der Waals surface area contributed by atoms with Gasteiger partial charge in [-0.3, -0.25) is 0 Å². The maximum atomic E-state index is 5.38. The number of fused-ring (bicyclic) bond motifs is 6. The van der Waals surface area contributed by atoms with Gasteiger partial charge in [0.25, 0.3) is 0 Å². The van der Waals surface area contributed by atoms with Crippen LogP contribution in [0.25, 0.3) is 123 Å². The molecule has 0 aliphatic rings. The summed E-state index contributed by atoms with van der Waals surface area (Å²) in [6, 6.07) is 84.8. The van der Waals surface area contributed by atoms with E-state index in [1.54, 1.807) is 0 Å². The van der Waals surface area contributed by atoms with Gasteiger partial charge in [0.05, 0.1) is 27.8 Å². The zero-order valence-corrected chi connectivity index (χ0v) is 38.8. The molecule has 0 unspecified atom stereocenters. The highest BCUT2D eigenvalue weighted by Crippen LogP contribution is 2.42. The van der Waals surface area contributed by atoms with Crippen LogP contribution in [-0.4, -0.2) is 24.1 Å². The van der Waals surface area contributed by atoms with Crippen LogP contribution in [0.3, 0.4) is 0 Å². The van der Waals surface area contributed by atoms with Crippen molar-refractivity contribution >= 4 is 43.6 Å². The van der Waals surface area contributed by atoms with Gasteiger partial charge in [-0.05, 0) is 114 Å². The number of hydrogen-bond donors (Lipinski definition) is 0. The van der Waals surface area contributed by atoms with E-state index in [2.05, 4.69) is 223 Å². The first-order valence-corrected chi connectivity index (χ1v) is 23.8. The number of aryl methyl sites for hydroxylation is 2. The summed E-state index contributed by atoms with van der Waals surface area (Å²) in [5.41, 5.74) is 18.7. The van der Waals surface area contributed by atoms with Crippen LogP contribution in [-0.2, 0) is 0 Å². The molecule has 0 atom stereocenters. The van der Waals surface area contributed by atoms with Gasteiger partial charge in [0, 0.05) is 43.9 Å². The molecular weight excluding hydrogens is 851 g/mol. The van der Waals surface area contributed by atoms with Gasteiger partial charge < -0.3 is 9.13 Å². The average molecular weight is 896 g/mol. The molecule has 0 N–H and O–H groups in total. The minimum Gasteiger partial charge on any atom is -0.309 e. The smallest absolute Gasteiger partial charge is 0.166 e. The fraction of sp³-hybridized carbons (Fsp3) is 0.0308. The quantitative estimate of drug-likeness (QED) is 0.153. The van der Waals surface area contributed by atoms with Gasteiger partial charge in [-0.25, -0.2) is 15.0 Å². The van der Waals surface area contributed by atoms with E-state index in [4.69, 9.17) is 15.0 Å². The number of hydrogen-bond acceptors (Lipinski definition) is 3. The highest BCUT2D eigenvalue weighted by Gasteiger charge is 2.22. The molecule has 0 amide bonds. The van der Waals surface area contributed by atoms with Gasteiger partial charge in [-0.15, -0.1) is 0 Å². The largest absolute Gasteiger partial charge is 0.309 e. The molecular formula is C65H45N5. The van der Waals surface area contributed by atoms with E-state index in [0.29, 0.717) is 17.5 Å². The maximum absolute atomic E-state index is 5.38. The van der Waals surface area contributed by atoms with Crippen molar-refractivity contribution in [3.05, 3.63) is 248 Å². The lowest BCUT2D eigenvalue weighted by Gasteiger charge is -2.17. The summed E-state index contributed by atoms with van der Waals surface area (Å²) < 4.78 is 4.77. The molecule has 0 fully saturated rings. The predicted molar refractivity (Wildman–Crippen MR) is 291 cm³/mol. The third-order valence-electron chi connectivity index (χ3n) is 13.7. The Balaban J connectivity index is 1.08. The Labute approximate surface area is 406 Å². The van der Waals surface area contributed by atoms with Crippen LogP contribution in [0.15, 0.2) is 237 Å². The summed E-state index contributed by atoms with van der Waals surface area (Å²) in [7, 11) is 0. The van der Waals surface area contributed by atoms with Gasteiger partial charge in [-0.1, -0.05) is 181 Å². The van der Waals surface area contributed by atoms with E-state index in [0.717, 1.165) is 55.7 Å². The number of para-hydroxylation sites is 2. The molecule has 0 bridgehead atoms. The van der Waals surface area contributed by atoms with Crippen LogP contribution < -0.4 is 0 Å². The average Bonchev–Trinajstić information content (AvgIpc) is 3.93. The molecule has 0 saturated carbocycles. The summed E-state index contributed by atoms with van der Waals surface area (Å²) in [5.74, 6) is 1.82. The molecule has 5 heteroatoms. The van der Waals surface area contributed by atoms with Crippen molar-refractivity contribution in [3.63, 3.8) is 0 Å². The molecule has 3 aromatic heterocycles. The number of nitrogens with zero attached hydrogens (tertiary/aromatic N) is 5. The molecule has 70 heavy (non-hydrogen) atoms. The minimum atomic E-state index is 0.592. The molecule has 0 aliphatic carbocycles. The lowest BCUT2D eigenvalue weighted by molar-refractivity contribution is 1.06. The van der Waals surface area contributed by atoms with Gasteiger partial charge in [0.2, 0.25) is 0 Å². The number of rotatable bonds is 8. The van der Waals surface area contributed by atoms with Crippen molar-refractivity contribution in [1.82, 2.24) is 24.1 Å². The summed E-state index contributed by atoms with van der Waals surface area (Å²) in [5, 5.41) is 4.74. The molecule has 3 heterocycles. The van der Waals surface area contributed by atoms with E-state index in [1.165, 1.54) is 60.4 Å². The number of aromatic nitrogens is 5. The fourth-order valence-electron chi connectivity index (χ4n) is 10.2. The molecule has 5 nitrogen and oxygen atoms in total. The molecule has 0 spiro atoms. The first-order chi connectivity index (χ1) is 34.5. The Morgan fingerprint density at radius 3 is 1.20 bits per heavy atom. The third kappa shape index (κ3) is 7.15. The van der Waals surface area contributed by atoms with Gasteiger partial charge in [0.1, 0.15) is 0 Å². The molecule has 0 aliphatic heterocycles. The molecule has 10 aromatic carbocycles. The third-order valence-corrected chi connectivity index (χ3v) is 13.7. The molecule has 0 saturated heterocycles. The summed E-state index contributed by atoms with van der Waals surface area (Å²) in [6.07, 6.45) is 0.